The second-order valence-corrected chi connectivity index (χ2v) is 16.2. The fourth-order valence-electron chi connectivity index (χ4n) is 13.2. The Hall–Kier alpha value is -4.62. The zero-order chi connectivity index (χ0) is 31.8. The Labute approximate surface area is 282 Å². The quantitative estimate of drug-likeness (QED) is 0.196. The molecule has 0 radical (unpaired) electrons. The standard InChI is InChI=1S/C44H38N4/c1-43(33-22-36-34-19-26-20-35-38(34)44(36,23-33)37(21-26)39(35)43)32-17-15-28(16-18-32)27-11-13-31(14-12-27)42-47-40(29-5-3-2-4-6-29)46-41(48-42)30-9-7-25(24-45)8-10-30/h2-18,26,33-39H,19-23H2,1H3. The summed E-state index contributed by atoms with van der Waals surface area (Å²) < 4.78 is 0. The van der Waals surface area contributed by atoms with Gasteiger partial charge in [-0.25, -0.2) is 15.0 Å². The van der Waals surface area contributed by atoms with Crippen molar-refractivity contribution in [2.45, 2.75) is 44.4 Å². The minimum absolute atomic E-state index is 0.333. The molecule has 10 unspecified atom stereocenters. The number of rotatable bonds is 5. The van der Waals surface area contributed by atoms with Gasteiger partial charge in [0.2, 0.25) is 0 Å². The molecular weight excluding hydrogens is 585 g/mol. The molecule has 234 valence electrons. The fraction of sp³-hybridized carbons (Fsp3) is 0.364. The molecule has 0 N–H and O–H groups in total. The van der Waals surface area contributed by atoms with Crippen LogP contribution in [0.4, 0.5) is 0 Å². The third-order valence-corrected chi connectivity index (χ3v) is 14.7. The van der Waals surface area contributed by atoms with Crippen LogP contribution in [-0.4, -0.2) is 15.0 Å². The summed E-state index contributed by atoms with van der Waals surface area (Å²) in [6, 6.07) is 38.1. The minimum atomic E-state index is 0.333. The molecule has 4 nitrogen and oxygen atoms in total. The van der Waals surface area contributed by atoms with E-state index in [1.807, 2.05) is 42.5 Å². The highest BCUT2D eigenvalue weighted by Gasteiger charge is 2.84. The van der Waals surface area contributed by atoms with E-state index in [4.69, 9.17) is 15.0 Å². The largest absolute Gasteiger partial charge is 0.208 e. The van der Waals surface area contributed by atoms with Crippen LogP contribution in [0.15, 0.2) is 103 Å². The van der Waals surface area contributed by atoms with E-state index < -0.39 is 0 Å². The van der Waals surface area contributed by atoms with E-state index >= 15 is 0 Å². The molecule has 6 aliphatic carbocycles. The van der Waals surface area contributed by atoms with E-state index in [1.54, 1.807) is 30.5 Å². The van der Waals surface area contributed by atoms with Crippen LogP contribution in [0, 0.1) is 64.1 Å². The van der Waals surface area contributed by atoms with Crippen LogP contribution >= 0.6 is 0 Å². The third-order valence-electron chi connectivity index (χ3n) is 14.7. The summed E-state index contributed by atoms with van der Waals surface area (Å²) in [5.74, 6) is 9.92. The minimum Gasteiger partial charge on any atom is -0.208 e. The van der Waals surface area contributed by atoms with Crippen molar-refractivity contribution in [2.24, 2.45) is 52.8 Å². The van der Waals surface area contributed by atoms with Gasteiger partial charge in [0.15, 0.2) is 17.5 Å². The normalized spacial score (nSPS) is 35.8. The Morgan fingerprint density at radius 1 is 0.583 bits per heavy atom. The maximum absolute atomic E-state index is 9.28. The highest BCUT2D eigenvalue weighted by molar-refractivity contribution is 5.71. The molecule has 6 bridgehead atoms. The monoisotopic (exact) mass is 622 g/mol. The lowest BCUT2D eigenvalue weighted by Crippen LogP contribution is -2.54. The SMILES string of the molecule is CC1(c2ccc(-c3ccc(-c4nc(-c5ccccc5)nc(-c5ccc(C#N)cc5)n4)cc3)cc2)C2CC3C4CC5CC6C1C(C5)C3(C2)C64. The number of benzene rings is 4. The van der Waals surface area contributed by atoms with Crippen LogP contribution in [0.5, 0.6) is 0 Å². The summed E-state index contributed by atoms with van der Waals surface area (Å²) in [6.07, 6.45) is 7.68. The van der Waals surface area contributed by atoms with E-state index in [0.29, 0.717) is 28.5 Å². The van der Waals surface area contributed by atoms with Gasteiger partial charge in [0, 0.05) is 16.7 Å². The van der Waals surface area contributed by atoms with Crippen molar-refractivity contribution in [1.82, 2.24) is 15.0 Å². The maximum atomic E-state index is 9.28. The Bertz CT molecular complexity index is 2130. The van der Waals surface area contributed by atoms with Crippen LogP contribution < -0.4 is 0 Å². The summed E-state index contributed by atoms with van der Waals surface area (Å²) in [4.78, 5) is 14.6. The summed E-state index contributed by atoms with van der Waals surface area (Å²) in [7, 11) is 0. The second kappa shape index (κ2) is 9.50. The summed E-state index contributed by atoms with van der Waals surface area (Å²) in [6.45, 7) is 2.69. The van der Waals surface area contributed by atoms with Crippen molar-refractivity contribution >= 4 is 0 Å². The second-order valence-electron chi connectivity index (χ2n) is 16.2. The number of fused-ring (bicyclic) bond motifs is 3. The first kappa shape index (κ1) is 27.3. The van der Waals surface area contributed by atoms with E-state index in [0.717, 1.165) is 69.4 Å². The summed E-state index contributed by atoms with van der Waals surface area (Å²) >= 11 is 0. The first-order valence-electron chi connectivity index (χ1n) is 18.1. The van der Waals surface area contributed by atoms with Crippen LogP contribution in [-0.2, 0) is 5.41 Å². The zero-order valence-corrected chi connectivity index (χ0v) is 27.3. The molecule has 6 fully saturated rings. The molecule has 10 atom stereocenters. The van der Waals surface area contributed by atoms with E-state index in [9.17, 15) is 5.26 Å². The van der Waals surface area contributed by atoms with Gasteiger partial charge in [-0.1, -0.05) is 85.8 Å². The summed E-state index contributed by atoms with van der Waals surface area (Å²) in [5.41, 5.74) is 8.54. The van der Waals surface area contributed by atoms with Crippen LogP contribution in [0.25, 0.3) is 45.3 Å². The van der Waals surface area contributed by atoms with Crippen molar-refractivity contribution in [1.29, 1.82) is 5.26 Å². The van der Waals surface area contributed by atoms with Gasteiger partial charge in [-0.3, -0.25) is 0 Å². The van der Waals surface area contributed by atoms with Gasteiger partial charge >= 0.3 is 0 Å². The van der Waals surface area contributed by atoms with E-state index in [-0.39, 0.29) is 0 Å². The molecule has 6 saturated carbocycles. The molecule has 1 spiro atoms. The van der Waals surface area contributed by atoms with Crippen LogP contribution in [0.2, 0.25) is 0 Å². The van der Waals surface area contributed by atoms with E-state index in [2.05, 4.69) is 61.5 Å². The van der Waals surface area contributed by atoms with Crippen molar-refractivity contribution in [3.63, 3.8) is 0 Å². The molecule has 1 aromatic heterocycles. The summed E-state index contributed by atoms with van der Waals surface area (Å²) in [5, 5.41) is 9.28. The molecule has 0 amide bonds. The maximum Gasteiger partial charge on any atom is 0.164 e. The lowest BCUT2D eigenvalue weighted by atomic mass is 9.45. The average molecular weight is 623 g/mol. The van der Waals surface area contributed by atoms with Gasteiger partial charge in [-0.15, -0.1) is 0 Å². The number of nitrogens with zero attached hydrogens (tertiary/aromatic N) is 4. The highest BCUT2D eigenvalue weighted by atomic mass is 15.0. The fourth-order valence-corrected chi connectivity index (χ4v) is 13.2. The Balaban J connectivity index is 0.911. The number of aromatic nitrogens is 3. The predicted octanol–water partition coefficient (Wildman–Crippen LogP) is 9.62. The Morgan fingerprint density at radius 2 is 1.15 bits per heavy atom. The Morgan fingerprint density at radius 3 is 1.79 bits per heavy atom. The van der Waals surface area contributed by atoms with E-state index in [1.165, 1.54) is 30.4 Å². The molecular formula is C44H38N4. The number of nitriles is 1. The Kier molecular flexibility index (Phi) is 5.41. The lowest BCUT2D eigenvalue weighted by molar-refractivity contribution is -0.120. The molecule has 4 aromatic carbocycles. The molecule has 1 heterocycles. The number of hydrogen-bond donors (Lipinski definition) is 0. The topological polar surface area (TPSA) is 62.5 Å². The smallest absolute Gasteiger partial charge is 0.164 e. The van der Waals surface area contributed by atoms with Crippen molar-refractivity contribution < 1.29 is 0 Å². The van der Waals surface area contributed by atoms with Crippen LogP contribution in [0.3, 0.4) is 0 Å². The van der Waals surface area contributed by atoms with Gasteiger partial charge in [0.05, 0.1) is 11.6 Å². The molecule has 4 heteroatoms. The zero-order valence-electron chi connectivity index (χ0n) is 27.3. The first-order chi connectivity index (χ1) is 23.5. The van der Waals surface area contributed by atoms with Gasteiger partial charge in [0.1, 0.15) is 0 Å². The number of hydrogen-bond acceptors (Lipinski definition) is 4. The molecule has 6 aliphatic rings. The van der Waals surface area contributed by atoms with Gasteiger partial charge in [0.25, 0.3) is 0 Å². The van der Waals surface area contributed by atoms with Crippen molar-refractivity contribution in [2.75, 3.05) is 0 Å². The first-order valence-corrected chi connectivity index (χ1v) is 18.1. The van der Waals surface area contributed by atoms with Gasteiger partial charge < -0.3 is 0 Å². The molecule has 5 aromatic rings. The van der Waals surface area contributed by atoms with Gasteiger partial charge in [-0.2, -0.15) is 5.26 Å². The average Bonchev–Trinajstić information content (AvgIpc) is 3.39. The molecule has 0 saturated heterocycles. The van der Waals surface area contributed by atoms with Crippen LogP contribution in [0.1, 0.15) is 50.2 Å². The molecule has 0 aliphatic heterocycles. The molecule has 11 rings (SSSR count). The highest BCUT2D eigenvalue weighted by Crippen LogP contribution is 2.89. The van der Waals surface area contributed by atoms with Gasteiger partial charge in [-0.05, 0) is 131 Å². The predicted molar refractivity (Wildman–Crippen MR) is 187 cm³/mol. The molecule has 48 heavy (non-hydrogen) atoms. The van der Waals surface area contributed by atoms with Crippen molar-refractivity contribution in [3.8, 4) is 51.4 Å². The third kappa shape index (κ3) is 3.42. The van der Waals surface area contributed by atoms with Crippen molar-refractivity contribution in [3.05, 3.63) is 114 Å². The lowest BCUT2D eigenvalue weighted by Gasteiger charge is -2.59.